The van der Waals surface area contributed by atoms with Crippen molar-refractivity contribution in [1.82, 2.24) is 0 Å². The van der Waals surface area contributed by atoms with Crippen molar-refractivity contribution in [1.29, 1.82) is 0 Å². The van der Waals surface area contributed by atoms with Crippen molar-refractivity contribution in [2.45, 2.75) is 4.90 Å². The van der Waals surface area contributed by atoms with Crippen molar-refractivity contribution >= 4 is 32.4 Å². The van der Waals surface area contributed by atoms with Gasteiger partial charge in [0, 0.05) is 22.3 Å². The van der Waals surface area contributed by atoms with E-state index in [1.807, 2.05) is 30.3 Å². The number of phenolic OH excluding ortho intramolecular Hbond substituents is 1. The SMILES string of the molecule is CS(=O)(=O)CCSc1ccc(O)c2ccccc12. The summed E-state index contributed by atoms with van der Waals surface area (Å²) in [6.07, 6.45) is 1.24. The Labute approximate surface area is 111 Å². The molecule has 0 bridgehead atoms. The van der Waals surface area contributed by atoms with Crippen LogP contribution >= 0.6 is 11.8 Å². The highest BCUT2D eigenvalue weighted by atomic mass is 32.2. The van der Waals surface area contributed by atoms with E-state index >= 15 is 0 Å². The molecule has 0 aliphatic heterocycles. The minimum Gasteiger partial charge on any atom is -0.507 e. The van der Waals surface area contributed by atoms with Gasteiger partial charge in [0.1, 0.15) is 15.6 Å². The number of sulfone groups is 1. The van der Waals surface area contributed by atoms with Gasteiger partial charge in [-0.2, -0.15) is 0 Å². The summed E-state index contributed by atoms with van der Waals surface area (Å²) < 4.78 is 22.2. The van der Waals surface area contributed by atoms with Crippen LogP contribution in [0.1, 0.15) is 0 Å². The predicted octanol–water partition coefficient (Wildman–Crippen LogP) is 2.68. The monoisotopic (exact) mass is 282 g/mol. The molecule has 0 aliphatic rings. The lowest BCUT2D eigenvalue weighted by molar-refractivity contribution is 0.481. The van der Waals surface area contributed by atoms with Crippen LogP contribution in [0.25, 0.3) is 10.8 Å². The second-order valence-electron chi connectivity index (χ2n) is 4.11. The van der Waals surface area contributed by atoms with Crippen LogP contribution in [0.5, 0.6) is 5.75 Å². The second kappa shape index (κ2) is 5.20. The minimum absolute atomic E-state index is 0.160. The first kappa shape index (κ1) is 13.2. The van der Waals surface area contributed by atoms with Gasteiger partial charge in [-0.15, -0.1) is 11.8 Å². The molecule has 2 aromatic carbocycles. The highest BCUT2D eigenvalue weighted by Crippen LogP contribution is 2.33. The highest BCUT2D eigenvalue weighted by Gasteiger charge is 2.07. The van der Waals surface area contributed by atoms with E-state index in [1.165, 1.54) is 18.0 Å². The lowest BCUT2D eigenvalue weighted by atomic mass is 10.1. The van der Waals surface area contributed by atoms with Crippen molar-refractivity contribution in [2.75, 3.05) is 17.8 Å². The number of phenols is 1. The Morgan fingerprint density at radius 2 is 1.78 bits per heavy atom. The van der Waals surface area contributed by atoms with Gasteiger partial charge < -0.3 is 5.11 Å². The summed E-state index contributed by atoms with van der Waals surface area (Å²) in [5, 5.41) is 11.5. The summed E-state index contributed by atoms with van der Waals surface area (Å²) in [5.74, 6) is 0.929. The Bertz CT molecular complexity index is 663. The van der Waals surface area contributed by atoms with Gasteiger partial charge in [0.05, 0.1) is 5.75 Å². The van der Waals surface area contributed by atoms with Crippen LogP contribution in [-0.2, 0) is 9.84 Å². The standard InChI is InChI=1S/C13H14O3S2/c1-18(15,16)9-8-17-13-7-6-12(14)10-4-2-3-5-11(10)13/h2-7,14H,8-9H2,1H3. The average Bonchev–Trinajstić information content (AvgIpc) is 2.31. The zero-order valence-electron chi connectivity index (χ0n) is 9.96. The van der Waals surface area contributed by atoms with E-state index in [2.05, 4.69) is 0 Å². The molecule has 0 fully saturated rings. The third kappa shape index (κ3) is 3.17. The molecule has 0 saturated heterocycles. The number of hydrogen-bond acceptors (Lipinski definition) is 4. The zero-order valence-corrected chi connectivity index (χ0v) is 11.6. The molecule has 0 atom stereocenters. The largest absolute Gasteiger partial charge is 0.507 e. The molecule has 96 valence electrons. The van der Waals surface area contributed by atoms with Crippen molar-refractivity contribution in [3.05, 3.63) is 36.4 Å². The van der Waals surface area contributed by atoms with Crippen molar-refractivity contribution in [2.24, 2.45) is 0 Å². The van der Waals surface area contributed by atoms with E-state index in [-0.39, 0.29) is 11.5 Å². The molecular formula is C13H14O3S2. The van der Waals surface area contributed by atoms with E-state index in [9.17, 15) is 13.5 Å². The molecule has 2 aromatic rings. The number of hydrogen-bond donors (Lipinski definition) is 1. The third-order valence-corrected chi connectivity index (χ3v) is 4.85. The summed E-state index contributed by atoms with van der Waals surface area (Å²) in [6.45, 7) is 0. The summed E-state index contributed by atoms with van der Waals surface area (Å²) >= 11 is 1.50. The third-order valence-electron chi connectivity index (χ3n) is 2.57. The van der Waals surface area contributed by atoms with Crippen LogP contribution in [0.2, 0.25) is 0 Å². The average molecular weight is 282 g/mol. The van der Waals surface area contributed by atoms with Gasteiger partial charge in [0.25, 0.3) is 0 Å². The van der Waals surface area contributed by atoms with Crippen LogP contribution in [0.3, 0.4) is 0 Å². The van der Waals surface area contributed by atoms with Gasteiger partial charge in [0.2, 0.25) is 0 Å². The molecule has 0 amide bonds. The molecule has 2 rings (SSSR count). The fraction of sp³-hybridized carbons (Fsp3) is 0.231. The number of fused-ring (bicyclic) bond motifs is 1. The molecule has 18 heavy (non-hydrogen) atoms. The minimum atomic E-state index is -2.93. The fourth-order valence-corrected chi connectivity index (χ4v) is 3.95. The molecular weight excluding hydrogens is 268 g/mol. The first-order chi connectivity index (χ1) is 8.47. The van der Waals surface area contributed by atoms with Crippen molar-refractivity contribution < 1.29 is 13.5 Å². The van der Waals surface area contributed by atoms with Gasteiger partial charge in [0.15, 0.2) is 0 Å². The molecule has 0 aliphatic carbocycles. The van der Waals surface area contributed by atoms with E-state index in [1.54, 1.807) is 6.07 Å². The fourth-order valence-electron chi connectivity index (χ4n) is 1.68. The van der Waals surface area contributed by atoms with E-state index in [0.29, 0.717) is 5.75 Å². The highest BCUT2D eigenvalue weighted by molar-refractivity contribution is 8.00. The molecule has 1 N–H and O–H groups in total. The Morgan fingerprint density at radius 1 is 1.11 bits per heavy atom. The van der Waals surface area contributed by atoms with Crippen LogP contribution < -0.4 is 0 Å². The summed E-state index contributed by atoms with van der Waals surface area (Å²) in [4.78, 5) is 0.993. The molecule has 0 saturated carbocycles. The maximum Gasteiger partial charge on any atom is 0.148 e. The molecule has 3 nitrogen and oxygen atoms in total. The predicted molar refractivity (Wildman–Crippen MR) is 76.0 cm³/mol. The van der Waals surface area contributed by atoms with Crippen LogP contribution in [-0.4, -0.2) is 31.3 Å². The summed E-state index contributed by atoms with van der Waals surface area (Å²) in [5.41, 5.74) is 0. The number of rotatable bonds is 4. The Morgan fingerprint density at radius 3 is 2.44 bits per heavy atom. The smallest absolute Gasteiger partial charge is 0.148 e. The molecule has 5 heteroatoms. The topological polar surface area (TPSA) is 54.4 Å². The molecule has 0 unspecified atom stereocenters. The second-order valence-corrected chi connectivity index (χ2v) is 7.50. The molecule has 0 aromatic heterocycles. The van der Waals surface area contributed by atoms with Crippen molar-refractivity contribution in [3.63, 3.8) is 0 Å². The van der Waals surface area contributed by atoms with Gasteiger partial charge >= 0.3 is 0 Å². The van der Waals surface area contributed by atoms with Crippen LogP contribution in [0, 0.1) is 0 Å². The lowest BCUT2D eigenvalue weighted by Crippen LogP contribution is -2.04. The van der Waals surface area contributed by atoms with Crippen LogP contribution in [0.4, 0.5) is 0 Å². The van der Waals surface area contributed by atoms with Gasteiger partial charge in [-0.3, -0.25) is 0 Å². The van der Waals surface area contributed by atoms with E-state index < -0.39 is 9.84 Å². The van der Waals surface area contributed by atoms with Crippen molar-refractivity contribution in [3.8, 4) is 5.75 Å². The molecule has 0 heterocycles. The first-order valence-corrected chi connectivity index (χ1v) is 8.53. The van der Waals surface area contributed by atoms with E-state index in [4.69, 9.17) is 0 Å². The molecule has 0 spiro atoms. The van der Waals surface area contributed by atoms with Gasteiger partial charge in [-0.05, 0) is 17.5 Å². The van der Waals surface area contributed by atoms with Gasteiger partial charge in [-0.1, -0.05) is 24.3 Å². The number of thioether (sulfide) groups is 1. The maximum atomic E-state index is 11.1. The number of benzene rings is 2. The number of aromatic hydroxyl groups is 1. The normalized spacial score (nSPS) is 11.8. The quantitative estimate of drug-likeness (QED) is 0.876. The Kier molecular flexibility index (Phi) is 3.82. The summed E-state index contributed by atoms with van der Waals surface area (Å²) in [6, 6.07) is 11.0. The van der Waals surface area contributed by atoms with E-state index in [0.717, 1.165) is 15.7 Å². The zero-order chi connectivity index (χ0) is 13.2. The maximum absolute atomic E-state index is 11.1. The molecule has 0 radical (unpaired) electrons. The first-order valence-electron chi connectivity index (χ1n) is 5.48. The summed E-state index contributed by atoms with van der Waals surface area (Å²) in [7, 11) is -2.93. The Hall–Kier alpha value is -1.20. The van der Waals surface area contributed by atoms with Gasteiger partial charge in [-0.25, -0.2) is 8.42 Å². The van der Waals surface area contributed by atoms with Crippen LogP contribution in [0.15, 0.2) is 41.3 Å². The lowest BCUT2D eigenvalue weighted by Gasteiger charge is -2.07. The Balaban J connectivity index is 2.26.